The van der Waals surface area contributed by atoms with Crippen LogP contribution in [-0.4, -0.2) is 41.2 Å². The normalized spacial score (nSPS) is 12.5. The van der Waals surface area contributed by atoms with Crippen LogP contribution >= 0.6 is 0 Å². The highest BCUT2D eigenvalue weighted by atomic mass is 15.5. The second kappa shape index (κ2) is 6.07. The Morgan fingerprint density at radius 1 is 0.818 bits per heavy atom. The summed E-state index contributed by atoms with van der Waals surface area (Å²) in [4.78, 5) is 0. The number of aromatic nitrogens is 6. The molecule has 2 aromatic rings. The van der Waals surface area contributed by atoms with E-state index in [-0.39, 0.29) is 0 Å². The van der Waals surface area contributed by atoms with Crippen molar-refractivity contribution < 1.29 is 0 Å². The van der Waals surface area contributed by atoms with Gasteiger partial charge in [-0.05, 0) is 27.7 Å². The molecule has 0 saturated heterocycles. The third kappa shape index (κ3) is 3.11. The van der Waals surface area contributed by atoms with Gasteiger partial charge in [0.2, 0.25) is 0 Å². The van der Waals surface area contributed by atoms with Crippen LogP contribution in [0.3, 0.4) is 0 Å². The second-order valence-corrected chi connectivity index (χ2v) is 4.50. The molecule has 12 nitrogen and oxygen atoms in total. The molecule has 0 bridgehead atoms. The number of hydrogen-bond donors (Lipinski definition) is 4. The number of anilines is 2. The lowest BCUT2D eigenvalue weighted by Gasteiger charge is -2.04. The molecule has 0 saturated carbocycles. The molecular formula is C10H18N12. The Morgan fingerprint density at radius 2 is 1.18 bits per heavy atom. The van der Waals surface area contributed by atoms with Crippen LogP contribution in [0.25, 0.3) is 0 Å². The van der Waals surface area contributed by atoms with Crippen LogP contribution < -0.4 is 22.5 Å². The lowest BCUT2D eigenvalue weighted by molar-refractivity contribution is 0.925. The van der Waals surface area contributed by atoms with Gasteiger partial charge in [0.05, 0.1) is 11.4 Å². The van der Waals surface area contributed by atoms with Gasteiger partial charge in [-0.3, -0.25) is 0 Å². The van der Waals surface area contributed by atoms with Crippen LogP contribution in [0.1, 0.15) is 25.5 Å². The molecule has 0 aliphatic rings. The van der Waals surface area contributed by atoms with E-state index in [0.717, 1.165) is 0 Å². The highest BCUT2D eigenvalue weighted by Gasteiger charge is 2.06. The van der Waals surface area contributed by atoms with Crippen molar-refractivity contribution >= 4 is 23.3 Å². The smallest absolute Gasteiger partial charge is 0.263 e. The summed E-state index contributed by atoms with van der Waals surface area (Å²) in [5.41, 5.74) is 6.66. The van der Waals surface area contributed by atoms with E-state index in [1.165, 1.54) is 9.35 Å². The minimum atomic E-state index is 0.329. The number of nitrogen functional groups attached to an aromatic ring is 2. The lowest BCUT2D eigenvalue weighted by Crippen LogP contribution is -2.17. The molecule has 12 heteroatoms. The highest BCUT2D eigenvalue weighted by molar-refractivity contribution is 6.40. The van der Waals surface area contributed by atoms with Crippen LogP contribution in [0.5, 0.6) is 0 Å². The standard InChI is InChI=1S/C10H18N12/c1-5(13-17-9-19-15-7(3)21(9)11)6(2)14-18-10-20-16-8(4)22(10)12/h11-12H2,1-4H3,(H,17,19)(H,18,20)/b13-5+,14-6+. The summed E-state index contributed by atoms with van der Waals surface area (Å²) in [6.07, 6.45) is 0. The van der Waals surface area contributed by atoms with Crippen LogP contribution in [0.4, 0.5) is 11.9 Å². The summed E-state index contributed by atoms with van der Waals surface area (Å²) in [7, 11) is 0. The van der Waals surface area contributed by atoms with Gasteiger partial charge in [-0.1, -0.05) is 0 Å². The molecule has 22 heavy (non-hydrogen) atoms. The van der Waals surface area contributed by atoms with Crippen LogP contribution in [-0.2, 0) is 0 Å². The summed E-state index contributed by atoms with van der Waals surface area (Å²) < 4.78 is 2.59. The molecule has 2 heterocycles. The molecular weight excluding hydrogens is 288 g/mol. The van der Waals surface area contributed by atoms with Crippen molar-refractivity contribution in [2.45, 2.75) is 27.7 Å². The van der Waals surface area contributed by atoms with Crippen LogP contribution in [0, 0.1) is 13.8 Å². The van der Waals surface area contributed by atoms with Gasteiger partial charge in [0.15, 0.2) is 11.6 Å². The van der Waals surface area contributed by atoms with Gasteiger partial charge in [-0.25, -0.2) is 20.2 Å². The number of nitrogens with zero attached hydrogens (tertiary/aromatic N) is 8. The number of hydrogen-bond acceptors (Lipinski definition) is 10. The third-order valence-corrected chi connectivity index (χ3v) is 2.90. The number of nitrogens with two attached hydrogens (primary N) is 2. The summed E-state index contributed by atoms with van der Waals surface area (Å²) in [5.74, 6) is 13.2. The van der Waals surface area contributed by atoms with Gasteiger partial charge in [0.25, 0.3) is 11.9 Å². The molecule has 2 aromatic heterocycles. The Balaban J connectivity index is 2.03. The van der Waals surface area contributed by atoms with E-state index in [4.69, 9.17) is 11.7 Å². The first-order valence-electron chi connectivity index (χ1n) is 6.35. The number of hydrazone groups is 2. The number of rotatable bonds is 5. The molecule has 0 fully saturated rings. The van der Waals surface area contributed by atoms with Crippen LogP contribution in [0.15, 0.2) is 10.2 Å². The van der Waals surface area contributed by atoms with Gasteiger partial charge in [-0.2, -0.15) is 10.2 Å². The first-order chi connectivity index (χ1) is 10.4. The Labute approximate surface area is 126 Å². The number of aryl methyl sites for hydroxylation is 2. The first-order valence-corrected chi connectivity index (χ1v) is 6.35. The second-order valence-electron chi connectivity index (χ2n) is 4.50. The third-order valence-electron chi connectivity index (χ3n) is 2.90. The Bertz CT molecular complexity index is 658. The van der Waals surface area contributed by atoms with Gasteiger partial charge < -0.3 is 11.7 Å². The van der Waals surface area contributed by atoms with E-state index in [2.05, 4.69) is 41.4 Å². The summed E-state index contributed by atoms with van der Waals surface area (Å²) in [6.45, 7) is 7.01. The zero-order valence-corrected chi connectivity index (χ0v) is 12.7. The lowest BCUT2D eigenvalue weighted by atomic mass is 10.3. The quantitative estimate of drug-likeness (QED) is 0.316. The Kier molecular flexibility index (Phi) is 4.20. The molecule has 0 spiro atoms. The first kappa shape index (κ1) is 15.2. The van der Waals surface area contributed by atoms with Crippen molar-refractivity contribution in [3.05, 3.63) is 11.6 Å². The topological polar surface area (TPSA) is 162 Å². The van der Waals surface area contributed by atoms with Crippen molar-refractivity contribution in [1.82, 2.24) is 29.7 Å². The largest absolute Gasteiger partial charge is 0.335 e. The van der Waals surface area contributed by atoms with Crippen molar-refractivity contribution in [2.24, 2.45) is 10.2 Å². The molecule has 6 N–H and O–H groups in total. The fourth-order valence-corrected chi connectivity index (χ4v) is 1.32. The molecule has 0 aliphatic carbocycles. The maximum atomic E-state index is 5.70. The molecule has 0 atom stereocenters. The maximum absolute atomic E-state index is 5.70. The van der Waals surface area contributed by atoms with E-state index < -0.39 is 0 Å². The van der Waals surface area contributed by atoms with E-state index in [0.29, 0.717) is 35.0 Å². The zero-order valence-electron chi connectivity index (χ0n) is 12.7. The fourth-order valence-electron chi connectivity index (χ4n) is 1.32. The maximum Gasteiger partial charge on any atom is 0.263 e. The SMILES string of the molecule is CC(=N\Nc1nnc(C)n1N)/C(C)=N/Nc1nnc(C)n1N. The molecule has 0 amide bonds. The van der Waals surface area contributed by atoms with Gasteiger partial charge >= 0.3 is 0 Å². The molecule has 0 aliphatic heterocycles. The Hall–Kier alpha value is -3.18. The molecule has 2 rings (SSSR count). The molecule has 0 radical (unpaired) electrons. The predicted octanol–water partition coefficient (Wildman–Crippen LogP) is -0.810. The van der Waals surface area contributed by atoms with E-state index in [1.807, 2.05) is 0 Å². The van der Waals surface area contributed by atoms with Crippen molar-refractivity contribution in [3.63, 3.8) is 0 Å². The Morgan fingerprint density at radius 3 is 1.45 bits per heavy atom. The predicted molar refractivity (Wildman–Crippen MR) is 83.3 cm³/mol. The average molecular weight is 306 g/mol. The van der Waals surface area contributed by atoms with Gasteiger partial charge in [-0.15, -0.1) is 20.4 Å². The monoisotopic (exact) mass is 306 g/mol. The summed E-state index contributed by atoms with van der Waals surface area (Å²) >= 11 is 0. The minimum absolute atomic E-state index is 0.329. The average Bonchev–Trinajstić information content (AvgIpc) is 2.99. The minimum Gasteiger partial charge on any atom is -0.335 e. The van der Waals surface area contributed by atoms with Crippen molar-refractivity contribution in [2.75, 3.05) is 22.5 Å². The van der Waals surface area contributed by atoms with E-state index in [9.17, 15) is 0 Å². The fraction of sp³-hybridized carbons (Fsp3) is 0.400. The molecule has 0 aromatic carbocycles. The van der Waals surface area contributed by atoms with Crippen molar-refractivity contribution in [3.8, 4) is 0 Å². The molecule has 0 unspecified atom stereocenters. The highest BCUT2D eigenvalue weighted by Crippen LogP contribution is 2.02. The van der Waals surface area contributed by atoms with Crippen molar-refractivity contribution in [1.29, 1.82) is 0 Å². The van der Waals surface area contributed by atoms with Crippen LogP contribution in [0.2, 0.25) is 0 Å². The van der Waals surface area contributed by atoms with Gasteiger partial charge in [0.1, 0.15) is 0 Å². The summed E-state index contributed by atoms with van der Waals surface area (Å²) in [5, 5.41) is 23.5. The van der Waals surface area contributed by atoms with Gasteiger partial charge in [0, 0.05) is 0 Å². The number of nitrogens with one attached hydrogen (secondary N) is 2. The van der Waals surface area contributed by atoms with E-state index >= 15 is 0 Å². The van der Waals surface area contributed by atoms with E-state index in [1.54, 1.807) is 27.7 Å². The molecule has 118 valence electrons. The zero-order chi connectivity index (χ0) is 16.3. The summed E-state index contributed by atoms with van der Waals surface area (Å²) in [6, 6.07) is 0.